The quantitative estimate of drug-likeness (QED) is 0.403. The van der Waals surface area contributed by atoms with Crippen LogP contribution in [-0.4, -0.2) is 44.2 Å². The van der Waals surface area contributed by atoms with E-state index in [1.165, 1.54) is 0 Å². The largest absolute Gasteiger partial charge is 0.480 e. The zero-order valence-corrected chi connectivity index (χ0v) is 12.1. The highest BCUT2D eigenvalue weighted by molar-refractivity contribution is 7.89. The molecule has 1 aromatic rings. The molecule has 0 bridgehead atoms. The molecule has 1 rings (SSSR count). The van der Waals surface area contributed by atoms with E-state index in [0.29, 0.717) is 0 Å². The summed E-state index contributed by atoms with van der Waals surface area (Å²) >= 11 is 5.71. The van der Waals surface area contributed by atoms with Crippen molar-refractivity contribution in [1.82, 2.24) is 4.72 Å². The van der Waals surface area contributed by atoms with Crippen LogP contribution in [0.5, 0.6) is 0 Å². The highest BCUT2D eigenvalue weighted by Gasteiger charge is 2.20. The van der Waals surface area contributed by atoms with Crippen LogP contribution < -0.4 is 4.72 Å². The van der Waals surface area contributed by atoms with E-state index in [1.807, 2.05) is 0 Å². The first-order valence-electron chi connectivity index (χ1n) is 5.47. The van der Waals surface area contributed by atoms with E-state index in [9.17, 15) is 23.3 Å². The van der Waals surface area contributed by atoms with Crippen molar-refractivity contribution in [2.45, 2.75) is 4.90 Å². The van der Waals surface area contributed by atoms with Gasteiger partial charge in [0.1, 0.15) is 11.5 Å². The summed E-state index contributed by atoms with van der Waals surface area (Å²) in [6.45, 7) is -0.848. The Kier molecular flexibility index (Phi) is 6.03. The fourth-order valence-electron chi connectivity index (χ4n) is 1.31. The number of carbonyl (C=O) groups is 1. The summed E-state index contributed by atoms with van der Waals surface area (Å²) in [4.78, 5) is 19.7. The van der Waals surface area contributed by atoms with Gasteiger partial charge in [0.05, 0.1) is 16.6 Å². The third-order valence-corrected chi connectivity index (χ3v) is 4.12. The number of nitrogens with zero attached hydrogens (tertiary/aromatic N) is 1. The fourth-order valence-corrected chi connectivity index (χ4v) is 2.86. The zero-order chi connectivity index (χ0) is 16.0. The van der Waals surface area contributed by atoms with E-state index in [1.54, 1.807) is 0 Å². The molecule has 0 fully saturated rings. The van der Waals surface area contributed by atoms with Crippen molar-refractivity contribution in [3.05, 3.63) is 33.3 Å². The molecule has 11 heteroatoms. The van der Waals surface area contributed by atoms with Crippen LogP contribution >= 0.6 is 11.6 Å². The summed E-state index contributed by atoms with van der Waals surface area (Å²) in [5.41, 5.74) is -0.330. The van der Waals surface area contributed by atoms with Crippen LogP contribution in [0.15, 0.2) is 23.1 Å². The van der Waals surface area contributed by atoms with Crippen molar-refractivity contribution in [1.29, 1.82) is 0 Å². The van der Waals surface area contributed by atoms with Crippen LogP contribution in [0.2, 0.25) is 5.02 Å². The lowest BCUT2D eigenvalue weighted by Crippen LogP contribution is -2.28. The molecule has 0 saturated carbocycles. The number of hydrogen-bond donors (Lipinski definition) is 2. The number of non-ortho nitro benzene ring substituents is 1. The maximum absolute atomic E-state index is 11.9. The molecule has 2 N–H and O–H groups in total. The van der Waals surface area contributed by atoms with Gasteiger partial charge in [-0.15, -0.1) is 0 Å². The normalized spacial score (nSPS) is 11.3. The molecule has 116 valence electrons. The number of nitro groups is 1. The number of nitrogens with one attached hydrogen (secondary N) is 1. The van der Waals surface area contributed by atoms with E-state index in [-0.39, 0.29) is 28.8 Å². The summed E-state index contributed by atoms with van der Waals surface area (Å²) in [6, 6.07) is 2.96. The summed E-state index contributed by atoms with van der Waals surface area (Å²) in [7, 11) is -3.97. The second kappa shape index (κ2) is 7.31. The molecule has 0 aliphatic carbocycles. The minimum atomic E-state index is -3.97. The van der Waals surface area contributed by atoms with Crippen molar-refractivity contribution in [3.8, 4) is 0 Å². The van der Waals surface area contributed by atoms with Crippen molar-refractivity contribution < 1.29 is 28.0 Å². The lowest BCUT2D eigenvalue weighted by atomic mass is 10.3. The van der Waals surface area contributed by atoms with Crippen LogP contribution in [0.3, 0.4) is 0 Å². The molecule has 0 spiro atoms. The molecule has 0 heterocycles. The molecule has 9 nitrogen and oxygen atoms in total. The Morgan fingerprint density at radius 2 is 2.14 bits per heavy atom. The molecule has 0 aromatic heterocycles. The van der Waals surface area contributed by atoms with Crippen LogP contribution in [0.1, 0.15) is 0 Å². The van der Waals surface area contributed by atoms with Gasteiger partial charge in [0.25, 0.3) is 5.69 Å². The van der Waals surface area contributed by atoms with Gasteiger partial charge in [-0.3, -0.25) is 10.1 Å². The topological polar surface area (TPSA) is 136 Å². The average Bonchev–Trinajstić information content (AvgIpc) is 2.37. The van der Waals surface area contributed by atoms with Crippen molar-refractivity contribution >= 4 is 33.3 Å². The predicted octanol–water partition coefficient (Wildman–Crippen LogP) is 0.628. The second-order valence-electron chi connectivity index (χ2n) is 3.72. The number of hydrogen-bond acceptors (Lipinski definition) is 6. The molecule has 0 aliphatic rings. The molecule has 1 aromatic carbocycles. The lowest BCUT2D eigenvalue weighted by molar-refractivity contribution is -0.384. The van der Waals surface area contributed by atoms with E-state index >= 15 is 0 Å². The van der Waals surface area contributed by atoms with Crippen LogP contribution in [-0.2, 0) is 19.6 Å². The van der Waals surface area contributed by atoms with Gasteiger partial charge in [0.2, 0.25) is 10.0 Å². The first-order chi connectivity index (χ1) is 9.74. The van der Waals surface area contributed by atoms with E-state index in [2.05, 4.69) is 9.46 Å². The van der Waals surface area contributed by atoms with E-state index in [0.717, 1.165) is 18.2 Å². The Morgan fingerprint density at radius 3 is 2.67 bits per heavy atom. The minimum Gasteiger partial charge on any atom is -0.480 e. The third kappa shape index (κ3) is 5.27. The van der Waals surface area contributed by atoms with Crippen LogP contribution in [0.4, 0.5) is 5.69 Å². The maximum atomic E-state index is 11.9. The first kappa shape index (κ1) is 17.3. The fraction of sp³-hybridized carbons (Fsp3) is 0.300. The number of halogens is 1. The third-order valence-electron chi connectivity index (χ3n) is 2.18. The lowest BCUT2D eigenvalue weighted by Gasteiger charge is -2.08. The van der Waals surface area contributed by atoms with Gasteiger partial charge < -0.3 is 9.84 Å². The van der Waals surface area contributed by atoms with Gasteiger partial charge >= 0.3 is 5.97 Å². The number of carboxylic acid groups (broad SMARTS) is 1. The number of rotatable bonds is 8. The SMILES string of the molecule is O=C(O)COCCNS(=O)(=O)c1ccc([N+](=O)[O-])cc1Cl. The summed E-state index contributed by atoms with van der Waals surface area (Å²) in [5, 5.41) is 18.6. The molecule has 0 radical (unpaired) electrons. The maximum Gasteiger partial charge on any atom is 0.329 e. The van der Waals surface area contributed by atoms with Gasteiger partial charge in [0.15, 0.2) is 0 Å². The number of ether oxygens (including phenoxy) is 1. The van der Waals surface area contributed by atoms with Gasteiger partial charge in [-0.2, -0.15) is 0 Å². The molecule has 0 unspecified atom stereocenters. The number of nitro benzene ring substituents is 1. The molecule has 21 heavy (non-hydrogen) atoms. The number of aliphatic carboxylic acids is 1. The minimum absolute atomic E-state index is 0.143. The van der Waals surface area contributed by atoms with Crippen molar-refractivity contribution in [3.63, 3.8) is 0 Å². The first-order valence-corrected chi connectivity index (χ1v) is 7.33. The Bertz CT molecular complexity index is 647. The number of sulfonamides is 1. The molecule has 0 saturated heterocycles. The average molecular weight is 339 g/mol. The van der Waals surface area contributed by atoms with Crippen molar-refractivity contribution in [2.24, 2.45) is 0 Å². The summed E-state index contributed by atoms with van der Waals surface area (Å²) in [6.07, 6.45) is 0. The van der Waals surface area contributed by atoms with Crippen LogP contribution in [0.25, 0.3) is 0 Å². The number of benzene rings is 1. The van der Waals surface area contributed by atoms with E-state index in [4.69, 9.17) is 16.7 Å². The summed E-state index contributed by atoms with van der Waals surface area (Å²) in [5.74, 6) is -1.17. The molecule has 0 atom stereocenters. The monoisotopic (exact) mass is 338 g/mol. The van der Waals surface area contributed by atoms with Gasteiger partial charge in [-0.1, -0.05) is 11.6 Å². The van der Waals surface area contributed by atoms with Gasteiger partial charge in [-0.05, 0) is 6.07 Å². The second-order valence-corrected chi connectivity index (χ2v) is 5.86. The standard InChI is InChI=1S/C10H11ClN2O7S/c11-8-5-7(13(16)17)1-2-9(8)21(18,19)12-3-4-20-6-10(14)15/h1-2,5,12H,3-4,6H2,(H,14,15). The Labute approximate surface area is 124 Å². The highest BCUT2D eigenvalue weighted by atomic mass is 35.5. The molecule has 0 amide bonds. The van der Waals surface area contributed by atoms with Gasteiger partial charge in [0, 0.05) is 18.7 Å². The van der Waals surface area contributed by atoms with Gasteiger partial charge in [-0.25, -0.2) is 17.9 Å². The summed E-state index contributed by atoms with van der Waals surface area (Å²) < 4.78 is 30.6. The Hall–Kier alpha value is -1.75. The van der Waals surface area contributed by atoms with E-state index < -0.39 is 27.5 Å². The molecule has 0 aliphatic heterocycles. The smallest absolute Gasteiger partial charge is 0.329 e. The zero-order valence-electron chi connectivity index (χ0n) is 10.5. The van der Waals surface area contributed by atoms with Crippen molar-refractivity contribution in [2.75, 3.05) is 19.8 Å². The Balaban J connectivity index is 2.70. The highest BCUT2D eigenvalue weighted by Crippen LogP contribution is 2.25. The Morgan fingerprint density at radius 1 is 1.48 bits per heavy atom. The molecular formula is C10H11ClN2O7S. The predicted molar refractivity (Wildman–Crippen MR) is 71.7 cm³/mol. The van der Waals surface area contributed by atoms with Crippen LogP contribution in [0, 0.1) is 10.1 Å². The number of carboxylic acids is 1. The molecular weight excluding hydrogens is 328 g/mol.